The molecule has 0 spiro atoms. The molecule has 144 valence electrons. The minimum atomic E-state index is -2.60. The molecule has 0 amide bonds. The van der Waals surface area contributed by atoms with Crippen LogP contribution in [0.25, 0.3) is 16.9 Å². The SMILES string of the molecule is CC(CF)CCc1nc2c(ncn2CC(F)F)c(=O)n1-c1ccc(Cl)cc1. The first-order valence-electron chi connectivity index (χ1n) is 8.47. The maximum atomic E-state index is 13.0. The van der Waals surface area contributed by atoms with E-state index in [1.54, 1.807) is 31.2 Å². The Hall–Kier alpha value is -2.35. The molecule has 1 aromatic carbocycles. The fourth-order valence-corrected chi connectivity index (χ4v) is 2.92. The summed E-state index contributed by atoms with van der Waals surface area (Å²) < 4.78 is 41.0. The number of benzene rings is 1. The zero-order valence-corrected chi connectivity index (χ0v) is 15.3. The van der Waals surface area contributed by atoms with Crippen molar-refractivity contribution < 1.29 is 13.2 Å². The molecule has 1 unspecified atom stereocenters. The van der Waals surface area contributed by atoms with Gasteiger partial charge in [-0.3, -0.25) is 13.8 Å². The van der Waals surface area contributed by atoms with Crippen LogP contribution in [0.1, 0.15) is 19.2 Å². The molecule has 0 fully saturated rings. The first-order valence-corrected chi connectivity index (χ1v) is 8.85. The summed E-state index contributed by atoms with van der Waals surface area (Å²) in [5.74, 6) is 0.161. The van der Waals surface area contributed by atoms with Gasteiger partial charge in [-0.2, -0.15) is 0 Å². The summed E-state index contributed by atoms with van der Waals surface area (Å²) in [7, 11) is 0. The van der Waals surface area contributed by atoms with Gasteiger partial charge in [0.25, 0.3) is 12.0 Å². The Kier molecular flexibility index (Phi) is 5.84. The molecule has 5 nitrogen and oxygen atoms in total. The molecule has 9 heteroatoms. The number of fused-ring (bicyclic) bond motifs is 1. The number of nitrogens with zero attached hydrogens (tertiary/aromatic N) is 4. The summed E-state index contributed by atoms with van der Waals surface area (Å²) in [5, 5.41) is 0.509. The fraction of sp³-hybridized carbons (Fsp3) is 0.389. The first-order chi connectivity index (χ1) is 12.9. The minimum Gasteiger partial charge on any atom is -0.309 e. The third-order valence-corrected chi connectivity index (χ3v) is 4.50. The van der Waals surface area contributed by atoms with Crippen molar-refractivity contribution in [3.05, 3.63) is 51.8 Å². The van der Waals surface area contributed by atoms with Crippen LogP contribution >= 0.6 is 11.6 Å². The molecule has 2 aromatic heterocycles. The molecule has 3 rings (SSSR count). The highest BCUT2D eigenvalue weighted by Crippen LogP contribution is 2.18. The van der Waals surface area contributed by atoms with Crippen LogP contribution < -0.4 is 5.56 Å². The van der Waals surface area contributed by atoms with E-state index in [0.29, 0.717) is 29.4 Å². The molecule has 0 aliphatic rings. The lowest BCUT2D eigenvalue weighted by Gasteiger charge is -2.14. The number of hydrogen-bond donors (Lipinski definition) is 0. The van der Waals surface area contributed by atoms with E-state index in [1.807, 2.05) is 0 Å². The molecule has 0 saturated carbocycles. The number of imidazole rings is 1. The number of aromatic nitrogens is 4. The molecule has 0 N–H and O–H groups in total. The van der Waals surface area contributed by atoms with Crippen molar-refractivity contribution in [1.29, 1.82) is 0 Å². The second-order valence-corrected chi connectivity index (χ2v) is 6.84. The van der Waals surface area contributed by atoms with Gasteiger partial charge < -0.3 is 4.57 Å². The van der Waals surface area contributed by atoms with Gasteiger partial charge in [0.1, 0.15) is 5.82 Å². The van der Waals surface area contributed by atoms with E-state index in [9.17, 15) is 18.0 Å². The predicted molar refractivity (Wildman–Crippen MR) is 97.6 cm³/mol. The van der Waals surface area contributed by atoms with Gasteiger partial charge in [-0.15, -0.1) is 0 Å². The molecule has 27 heavy (non-hydrogen) atoms. The van der Waals surface area contributed by atoms with Gasteiger partial charge in [0.2, 0.25) is 0 Å². The number of alkyl halides is 3. The summed E-state index contributed by atoms with van der Waals surface area (Å²) in [6.07, 6.45) is -0.632. The number of hydrogen-bond acceptors (Lipinski definition) is 3. The summed E-state index contributed by atoms with van der Waals surface area (Å²) in [4.78, 5) is 21.4. The Balaban J connectivity index is 2.17. The summed E-state index contributed by atoms with van der Waals surface area (Å²) in [6.45, 7) is 0.662. The Morgan fingerprint density at radius 1 is 1.22 bits per heavy atom. The third kappa shape index (κ3) is 4.16. The van der Waals surface area contributed by atoms with Gasteiger partial charge in [0.05, 0.1) is 25.2 Å². The molecule has 0 aliphatic heterocycles. The smallest absolute Gasteiger partial charge is 0.286 e. The van der Waals surface area contributed by atoms with E-state index in [0.717, 1.165) is 4.57 Å². The van der Waals surface area contributed by atoms with Crippen LogP contribution in [0.4, 0.5) is 13.2 Å². The zero-order chi connectivity index (χ0) is 19.6. The summed E-state index contributed by atoms with van der Waals surface area (Å²) >= 11 is 5.92. The van der Waals surface area contributed by atoms with Crippen LogP contribution in [0.2, 0.25) is 5.02 Å². The Morgan fingerprint density at radius 2 is 1.93 bits per heavy atom. The van der Waals surface area contributed by atoms with Crippen LogP contribution in [-0.2, 0) is 13.0 Å². The van der Waals surface area contributed by atoms with Crippen LogP contribution in [0.5, 0.6) is 0 Å². The standard InChI is InChI=1S/C18H18ClF3N4O/c1-11(8-20)2-7-15-24-17-16(23-10-25(17)9-14(21)22)18(27)26(15)13-5-3-12(19)4-6-13/h3-6,10-11,14H,2,7-9H2,1H3. The lowest BCUT2D eigenvalue weighted by Crippen LogP contribution is -2.25. The van der Waals surface area contributed by atoms with Crippen molar-refractivity contribution in [2.75, 3.05) is 6.67 Å². The average molecular weight is 399 g/mol. The first kappa shape index (κ1) is 19.4. The lowest BCUT2D eigenvalue weighted by molar-refractivity contribution is 0.128. The zero-order valence-electron chi connectivity index (χ0n) is 14.6. The molecule has 0 saturated heterocycles. The van der Waals surface area contributed by atoms with Crippen molar-refractivity contribution >= 4 is 22.8 Å². The number of halogens is 4. The maximum Gasteiger partial charge on any atom is 0.286 e. The highest BCUT2D eigenvalue weighted by molar-refractivity contribution is 6.30. The van der Waals surface area contributed by atoms with E-state index in [2.05, 4.69) is 9.97 Å². The van der Waals surface area contributed by atoms with Crippen molar-refractivity contribution in [1.82, 2.24) is 19.1 Å². The number of rotatable bonds is 7. The topological polar surface area (TPSA) is 52.7 Å². The summed E-state index contributed by atoms with van der Waals surface area (Å²) in [5.41, 5.74) is 0.185. The van der Waals surface area contributed by atoms with Crippen LogP contribution in [0.3, 0.4) is 0 Å². The highest BCUT2D eigenvalue weighted by Gasteiger charge is 2.18. The molecule has 0 radical (unpaired) electrons. The second kappa shape index (κ2) is 8.12. The monoisotopic (exact) mass is 398 g/mol. The van der Waals surface area contributed by atoms with Crippen molar-refractivity contribution in [2.24, 2.45) is 5.92 Å². The lowest BCUT2D eigenvalue weighted by atomic mass is 10.1. The largest absolute Gasteiger partial charge is 0.309 e. The van der Waals surface area contributed by atoms with E-state index in [4.69, 9.17) is 11.6 Å². The van der Waals surface area contributed by atoms with Crippen LogP contribution in [-0.4, -0.2) is 32.2 Å². The van der Waals surface area contributed by atoms with E-state index < -0.39 is 25.2 Å². The maximum absolute atomic E-state index is 13.0. The molecule has 3 aromatic rings. The Bertz CT molecular complexity index is 985. The molecule has 1 atom stereocenters. The van der Waals surface area contributed by atoms with Crippen molar-refractivity contribution in [3.63, 3.8) is 0 Å². The van der Waals surface area contributed by atoms with Gasteiger partial charge in [0, 0.05) is 11.4 Å². The van der Waals surface area contributed by atoms with Gasteiger partial charge in [0.15, 0.2) is 11.2 Å². The second-order valence-electron chi connectivity index (χ2n) is 6.40. The van der Waals surface area contributed by atoms with E-state index in [-0.39, 0.29) is 17.1 Å². The normalized spacial score (nSPS) is 12.8. The fourth-order valence-electron chi connectivity index (χ4n) is 2.80. The predicted octanol–water partition coefficient (Wildman–Crippen LogP) is 4.04. The molecular weight excluding hydrogens is 381 g/mol. The average Bonchev–Trinajstić information content (AvgIpc) is 3.03. The van der Waals surface area contributed by atoms with Gasteiger partial charge >= 0.3 is 0 Å². The molecular formula is C18H18ClF3N4O. The molecule has 0 aliphatic carbocycles. The van der Waals surface area contributed by atoms with E-state index in [1.165, 1.54) is 10.9 Å². The molecule has 2 heterocycles. The van der Waals surface area contributed by atoms with Crippen molar-refractivity contribution in [2.45, 2.75) is 32.7 Å². The number of aryl methyl sites for hydroxylation is 1. The van der Waals surface area contributed by atoms with Gasteiger partial charge in [-0.25, -0.2) is 18.7 Å². The minimum absolute atomic E-state index is 0.00731. The van der Waals surface area contributed by atoms with Gasteiger partial charge in [-0.1, -0.05) is 18.5 Å². The quantitative estimate of drug-likeness (QED) is 0.603. The van der Waals surface area contributed by atoms with Crippen molar-refractivity contribution in [3.8, 4) is 5.69 Å². The van der Waals surface area contributed by atoms with Crippen LogP contribution in [0, 0.1) is 5.92 Å². The highest BCUT2D eigenvalue weighted by atomic mass is 35.5. The van der Waals surface area contributed by atoms with E-state index >= 15 is 0 Å². The van der Waals surface area contributed by atoms with Gasteiger partial charge in [-0.05, 0) is 36.6 Å². The van der Waals surface area contributed by atoms with Crippen LogP contribution in [0.15, 0.2) is 35.4 Å². The Labute approximate surface area is 158 Å². The third-order valence-electron chi connectivity index (χ3n) is 4.25. The molecule has 0 bridgehead atoms. The Morgan fingerprint density at radius 3 is 2.56 bits per heavy atom. The summed E-state index contributed by atoms with van der Waals surface area (Å²) in [6, 6.07) is 6.60.